The molecule has 0 aliphatic heterocycles. The maximum Gasteiger partial charge on any atom is 0.340 e. The first kappa shape index (κ1) is 20.2. The van der Waals surface area contributed by atoms with Crippen LogP contribution in [0.25, 0.3) is 0 Å². The Labute approximate surface area is 149 Å². The summed E-state index contributed by atoms with van der Waals surface area (Å²) in [5.74, 6) is -1.79. The number of esters is 2. The Morgan fingerprint density at radius 3 is 2.50 bits per heavy atom. The van der Waals surface area contributed by atoms with Crippen LogP contribution in [0.4, 0.5) is 0 Å². The summed E-state index contributed by atoms with van der Waals surface area (Å²) in [4.78, 5) is 39.0. The Bertz CT molecular complexity index is 622. The number of hydrogen-bond donors (Lipinski definition) is 1. The lowest BCUT2D eigenvalue weighted by molar-refractivity contribution is -0.145. The summed E-state index contributed by atoms with van der Waals surface area (Å²) in [6.07, 6.45) is 1.59. The second kappa shape index (κ2) is 9.44. The van der Waals surface area contributed by atoms with Crippen LogP contribution in [0.5, 0.6) is 0 Å². The molecular weight excluding hydrogens is 359 g/mol. The van der Waals surface area contributed by atoms with Crippen molar-refractivity contribution in [3.8, 4) is 0 Å². The molecule has 0 radical (unpaired) electrons. The van der Waals surface area contributed by atoms with E-state index in [2.05, 4.69) is 15.0 Å². The predicted octanol–water partition coefficient (Wildman–Crippen LogP) is 2.25. The Morgan fingerprint density at radius 2 is 1.96 bits per heavy atom. The highest BCUT2D eigenvalue weighted by Gasteiger charge is 2.23. The topological polar surface area (TPSA) is 94.6 Å². The van der Waals surface area contributed by atoms with Crippen LogP contribution in [-0.4, -0.2) is 42.6 Å². The minimum absolute atomic E-state index is 0.0561. The lowest BCUT2D eigenvalue weighted by Gasteiger charge is -2.18. The number of nitrogens with one attached hydrogen (secondary N) is 1. The smallest absolute Gasteiger partial charge is 0.340 e. The van der Waals surface area contributed by atoms with Crippen molar-refractivity contribution in [2.24, 2.45) is 5.92 Å². The van der Waals surface area contributed by atoms with Gasteiger partial charge in [0.1, 0.15) is 11.2 Å². The number of carbonyl (C=O) groups excluding carboxylic acids is 3. The van der Waals surface area contributed by atoms with Gasteiger partial charge in [-0.15, -0.1) is 0 Å². The lowest BCUT2D eigenvalue weighted by atomic mass is 10.0. The van der Waals surface area contributed by atoms with E-state index < -0.39 is 30.5 Å². The van der Waals surface area contributed by atoms with Crippen LogP contribution in [-0.2, 0) is 19.1 Å². The van der Waals surface area contributed by atoms with Gasteiger partial charge < -0.3 is 14.8 Å². The second-order valence-electron chi connectivity index (χ2n) is 5.35. The highest BCUT2D eigenvalue weighted by molar-refractivity contribution is 6.41. The number of hydrogen-bond acceptors (Lipinski definition) is 6. The number of rotatable bonds is 7. The van der Waals surface area contributed by atoms with Crippen LogP contribution in [0.2, 0.25) is 10.2 Å². The van der Waals surface area contributed by atoms with Crippen molar-refractivity contribution in [2.45, 2.75) is 26.3 Å². The van der Waals surface area contributed by atoms with Crippen molar-refractivity contribution >= 4 is 41.0 Å². The molecule has 1 heterocycles. The SMILES string of the molecule is COC(=O)[C@H](CC(C)C)NC(=O)COC(=O)c1cnc(Cl)c(Cl)c1. The van der Waals surface area contributed by atoms with Gasteiger partial charge in [0.15, 0.2) is 6.61 Å². The van der Waals surface area contributed by atoms with Crippen LogP contribution in [0, 0.1) is 5.92 Å². The van der Waals surface area contributed by atoms with Gasteiger partial charge in [-0.25, -0.2) is 14.6 Å². The summed E-state index contributed by atoms with van der Waals surface area (Å²) in [5, 5.41) is 2.62. The maximum absolute atomic E-state index is 11.9. The van der Waals surface area contributed by atoms with Crippen molar-refractivity contribution in [1.29, 1.82) is 0 Å². The van der Waals surface area contributed by atoms with E-state index in [1.165, 1.54) is 19.4 Å². The summed E-state index contributed by atoms with van der Waals surface area (Å²) in [6, 6.07) is 0.487. The van der Waals surface area contributed by atoms with Crippen molar-refractivity contribution in [3.63, 3.8) is 0 Å². The summed E-state index contributed by atoms with van der Waals surface area (Å²) in [7, 11) is 1.24. The number of methoxy groups -OCH3 is 1. The zero-order valence-electron chi connectivity index (χ0n) is 13.5. The molecule has 1 atom stereocenters. The molecule has 0 fully saturated rings. The molecule has 0 spiro atoms. The van der Waals surface area contributed by atoms with Crippen LogP contribution >= 0.6 is 23.2 Å². The highest BCUT2D eigenvalue weighted by Crippen LogP contribution is 2.20. The fourth-order valence-corrected chi connectivity index (χ4v) is 2.08. The molecule has 1 N–H and O–H groups in total. The van der Waals surface area contributed by atoms with Gasteiger partial charge in [0.05, 0.1) is 17.7 Å². The fraction of sp³-hybridized carbons (Fsp3) is 0.467. The molecule has 0 aliphatic rings. The van der Waals surface area contributed by atoms with E-state index in [-0.39, 0.29) is 21.7 Å². The van der Waals surface area contributed by atoms with Gasteiger partial charge in [0.25, 0.3) is 5.91 Å². The van der Waals surface area contributed by atoms with Crippen molar-refractivity contribution in [1.82, 2.24) is 10.3 Å². The summed E-state index contributed by atoms with van der Waals surface area (Å²) >= 11 is 11.4. The Morgan fingerprint density at radius 1 is 1.29 bits per heavy atom. The van der Waals surface area contributed by atoms with Gasteiger partial charge in [-0.2, -0.15) is 0 Å². The highest BCUT2D eigenvalue weighted by atomic mass is 35.5. The molecule has 0 bridgehead atoms. The Balaban J connectivity index is 2.58. The van der Waals surface area contributed by atoms with Gasteiger partial charge in [0, 0.05) is 6.20 Å². The fourth-order valence-electron chi connectivity index (χ4n) is 1.81. The van der Waals surface area contributed by atoms with Gasteiger partial charge in [-0.05, 0) is 18.4 Å². The first-order valence-electron chi connectivity index (χ1n) is 7.10. The van der Waals surface area contributed by atoms with Crippen molar-refractivity contribution < 1.29 is 23.9 Å². The van der Waals surface area contributed by atoms with E-state index >= 15 is 0 Å². The minimum atomic E-state index is -0.798. The van der Waals surface area contributed by atoms with E-state index in [4.69, 9.17) is 27.9 Å². The summed E-state index contributed by atoms with van der Waals surface area (Å²) in [5.41, 5.74) is 0.0592. The monoisotopic (exact) mass is 376 g/mol. The van der Waals surface area contributed by atoms with Gasteiger partial charge in [0.2, 0.25) is 0 Å². The summed E-state index contributed by atoms with van der Waals surface area (Å²) < 4.78 is 9.50. The van der Waals surface area contributed by atoms with Crippen LogP contribution < -0.4 is 5.32 Å². The standard InChI is InChI=1S/C15H18Cl2N2O5/c1-8(2)4-11(15(22)23-3)19-12(20)7-24-14(21)9-5-10(16)13(17)18-6-9/h5-6,8,11H,4,7H2,1-3H3,(H,19,20)/t11-/m0/s1. The first-order chi connectivity index (χ1) is 11.2. The molecular formula is C15H18Cl2N2O5. The van der Waals surface area contributed by atoms with Gasteiger partial charge >= 0.3 is 11.9 Å². The molecule has 7 nitrogen and oxygen atoms in total. The van der Waals surface area contributed by atoms with E-state index in [0.29, 0.717) is 6.42 Å². The molecule has 1 rings (SSSR count). The molecule has 0 aliphatic carbocycles. The average Bonchev–Trinajstić information content (AvgIpc) is 2.53. The Kier molecular flexibility index (Phi) is 7.94. The van der Waals surface area contributed by atoms with E-state index in [0.717, 1.165) is 0 Å². The third-order valence-electron chi connectivity index (χ3n) is 2.89. The van der Waals surface area contributed by atoms with Crippen molar-refractivity contribution in [2.75, 3.05) is 13.7 Å². The number of carbonyl (C=O) groups is 3. The summed E-state index contributed by atoms with van der Waals surface area (Å²) in [6.45, 7) is 3.25. The molecule has 0 saturated heterocycles. The number of aromatic nitrogens is 1. The maximum atomic E-state index is 11.9. The van der Waals surface area contributed by atoms with E-state index in [1.807, 2.05) is 13.8 Å². The third-order valence-corrected chi connectivity index (χ3v) is 3.58. The number of pyridine rings is 1. The molecule has 132 valence electrons. The third kappa shape index (κ3) is 6.33. The predicted molar refractivity (Wildman–Crippen MR) is 87.9 cm³/mol. The van der Waals surface area contributed by atoms with E-state index in [1.54, 1.807) is 0 Å². The molecule has 9 heteroatoms. The lowest BCUT2D eigenvalue weighted by Crippen LogP contribution is -2.44. The molecule has 0 aromatic carbocycles. The van der Waals surface area contributed by atoms with Gasteiger partial charge in [-0.3, -0.25) is 4.79 Å². The molecule has 0 unspecified atom stereocenters. The number of halogens is 2. The van der Waals surface area contributed by atoms with Crippen LogP contribution in [0.1, 0.15) is 30.6 Å². The number of nitrogens with zero attached hydrogens (tertiary/aromatic N) is 1. The van der Waals surface area contributed by atoms with Crippen molar-refractivity contribution in [3.05, 3.63) is 28.0 Å². The average molecular weight is 377 g/mol. The number of ether oxygens (including phenoxy) is 2. The van der Waals surface area contributed by atoms with Crippen LogP contribution in [0.15, 0.2) is 12.3 Å². The zero-order chi connectivity index (χ0) is 18.3. The number of amides is 1. The molecule has 1 amide bonds. The minimum Gasteiger partial charge on any atom is -0.467 e. The largest absolute Gasteiger partial charge is 0.467 e. The molecule has 0 saturated carbocycles. The van der Waals surface area contributed by atoms with Crippen LogP contribution in [0.3, 0.4) is 0 Å². The van der Waals surface area contributed by atoms with Gasteiger partial charge in [-0.1, -0.05) is 37.0 Å². The molecule has 1 aromatic rings. The first-order valence-corrected chi connectivity index (χ1v) is 7.85. The second-order valence-corrected chi connectivity index (χ2v) is 6.11. The molecule has 1 aromatic heterocycles. The quantitative estimate of drug-likeness (QED) is 0.579. The Hall–Kier alpha value is -1.86. The normalized spacial score (nSPS) is 11.8. The zero-order valence-corrected chi connectivity index (χ0v) is 15.0. The van der Waals surface area contributed by atoms with E-state index in [9.17, 15) is 14.4 Å². The molecule has 24 heavy (non-hydrogen) atoms.